The minimum atomic E-state index is 0. The van der Waals surface area contributed by atoms with E-state index in [0.29, 0.717) is 0 Å². The Morgan fingerprint density at radius 2 is 1.31 bits per heavy atom. The number of rotatable bonds is 0. The molecule has 0 nitrogen and oxygen atoms in total. The van der Waals surface area contributed by atoms with Crippen LogP contribution in [0.5, 0.6) is 0 Å². The first-order valence-electron chi connectivity index (χ1n) is 3.81. The SMILES string of the molecule is CBr.[C-]1=CC=CC1.[C-]1=CC=CC1.[Zr+2]. The van der Waals surface area contributed by atoms with Crippen molar-refractivity contribution in [3.63, 3.8) is 0 Å². The Hall–Kier alpha value is 0.323. The van der Waals surface area contributed by atoms with E-state index in [0.717, 1.165) is 12.8 Å². The molecule has 0 radical (unpaired) electrons. The van der Waals surface area contributed by atoms with Crippen molar-refractivity contribution in [2.75, 3.05) is 5.83 Å². The summed E-state index contributed by atoms with van der Waals surface area (Å²) >= 11 is 2.94. The number of allylic oxidation sites excluding steroid dienone is 8. The summed E-state index contributed by atoms with van der Waals surface area (Å²) in [5.41, 5.74) is 0. The zero-order chi connectivity index (χ0) is 9.07. The summed E-state index contributed by atoms with van der Waals surface area (Å²) in [5.74, 6) is 1.81. The topological polar surface area (TPSA) is 0 Å². The van der Waals surface area contributed by atoms with Gasteiger partial charge in [0.05, 0.1) is 0 Å². The average Bonchev–Trinajstić information content (AvgIpc) is 2.87. The van der Waals surface area contributed by atoms with Gasteiger partial charge in [-0.1, -0.05) is 15.9 Å². The fourth-order valence-corrected chi connectivity index (χ4v) is 0.680. The van der Waals surface area contributed by atoms with E-state index >= 15 is 0 Å². The maximum Gasteiger partial charge on any atom is 2.00 e. The van der Waals surface area contributed by atoms with Crippen molar-refractivity contribution in [2.45, 2.75) is 12.8 Å². The van der Waals surface area contributed by atoms with Gasteiger partial charge in [-0.15, -0.1) is 12.8 Å². The molecule has 13 heavy (non-hydrogen) atoms. The van der Waals surface area contributed by atoms with Gasteiger partial charge in [-0.3, -0.25) is 12.2 Å². The van der Waals surface area contributed by atoms with Crippen molar-refractivity contribution in [1.29, 1.82) is 0 Å². The average molecular weight is 316 g/mol. The van der Waals surface area contributed by atoms with Gasteiger partial charge < -0.3 is 0 Å². The normalized spacial score (nSPS) is 14.0. The van der Waals surface area contributed by atoms with Gasteiger partial charge in [0.1, 0.15) is 0 Å². The van der Waals surface area contributed by atoms with Gasteiger partial charge in [0, 0.05) is 0 Å². The van der Waals surface area contributed by atoms with Crippen LogP contribution in [0.1, 0.15) is 12.8 Å². The van der Waals surface area contributed by atoms with E-state index in [4.69, 9.17) is 0 Å². The predicted molar refractivity (Wildman–Crippen MR) is 58.0 cm³/mol. The van der Waals surface area contributed by atoms with E-state index < -0.39 is 0 Å². The van der Waals surface area contributed by atoms with Gasteiger partial charge in [-0.05, 0) is 5.83 Å². The number of alkyl halides is 1. The molecule has 0 amide bonds. The van der Waals surface area contributed by atoms with E-state index in [1.807, 2.05) is 30.1 Å². The van der Waals surface area contributed by atoms with Crippen molar-refractivity contribution in [2.24, 2.45) is 0 Å². The third kappa shape index (κ3) is 12.3. The van der Waals surface area contributed by atoms with Crippen molar-refractivity contribution in [3.8, 4) is 0 Å². The molecule has 0 unspecified atom stereocenters. The van der Waals surface area contributed by atoms with E-state index in [1.54, 1.807) is 0 Å². The van der Waals surface area contributed by atoms with Crippen LogP contribution in [0.2, 0.25) is 0 Å². The van der Waals surface area contributed by atoms with Gasteiger partial charge in [0.15, 0.2) is 0 Å². The molecule has 0 saturated carbocycles. The molecular formula is C11H13BrZr. The third-order valence-electron chi connectivity index (χ3n) is 1.17. The van der Waals surface area contributed by atoms with Gasteiger partial charge in [-0.25, -0.2) is 24.3 Å². The molecule has 2 aliphatic rings. The minimum absolute atomic E-state index is 0. The zero-order valence-electron chi connectivity index (χ0n) is 7.76. The Kier molecular flexibility index (Phi) is 18.0. The molecule has 2 rings (SSSR count). The third-order valence-corrected chi connectivity index (χ3v) is 1.17. The maximum atomic E-state index is 2.99. The number of hydrogen-bond donors (Lipinski definition) is 0. The molecule has 0 aromatic heterocycles. The van der Waals surface area contributed by atoms with Crippen molar-refractivity contribution < 1.29 is 26.2 Å². The number of hydrogen-bond acceptors (Lipinski definition) is 0. The molecule has 0 N–H and O–H groups in total. The predicted octanol–water partition coefficient (Wildman–Crippen LogP) is 3.62. The summed E-state index contributed by atoms with van der Waals surface area (Å²) in [4.78, 5) is 0. The first kappa shape index (κ1) is 15.8. The van der Waals surface area contributed by atoms with Gasteiger partial charge in [-0.2, -0.15) is 12.2 Å². The van der Waals surface area contributed by atoms with Crippen LogP contribution in [-0.2, 0) is 26.2 Å². The maximum absolute atomic E-state index is 2.99. The van der Waals surface area contributed by atoms with Crippen LogP contribution in [-0.4, -0.2) is 5.83 Å². The molecule has 68 valence electrons. The smallest absolute Gasteiger partial charge is 0.273 e. The Morgan fingerprint density at radius 3 is 1.38 bits per heavy atom. The second-order valence-corrected chi connectivity index (χ2v) is 2.01. The van der Waals surface area contributed by atoms with Gasteiger partial charge in [0.25, 0.3) is 0 Å². The molecule has 0 aromatic carbocycles. The number of halogens is 1. The largest absolute Gasteiger partial charge is 2.00 e. The molecule has 0 saturated heterocycles. The van der Waals surface area contributed by atoms with Gasteiger partial charge in [0.2, 0.25) is 0 Å². The van der Waals surface area contributed by atoms with Gasteiger partial charge >= 0.3 is 26.2 Å². The van der Waals surface area contributed by atoms with Crippen molar-refractivity contribution >= 4 is 15.9 Å². The standard InChI is InChI=1S/2C5H5.CH3Br.Zr/c2*1-2-4-5-3-1;1-2;/h2*1-3H,4H2;1H3;/q2*-1;;+2. The van der Waals surface area contributed by atoms with Crippen LogP contribution in [0, 0.1) is 12.2 Å². The quantitative estimate of drug-likeness (QED) is 0.473. The molecule has 2 aliphatic carbocycles. The van der Waals surface area contributed by atoms with Crippen molar-refractivity contribution in [1.82, 2.24) is 0 Å². The summed E-state index contributed by atoms with van der Waals surface area (Å²) < 4.78 is 0. The molecule has 0 aliphatic heterocycles. The van der Waals surface area contributed by atoms with Crippen LogP contribution in [0.3, 0.4) is 0 Å². The van der Waals surface area contributed by atoms with Crippen LogP contribution >= 0.6 is 15.9 Å². The summed E-state index contributed by atoms with van der Waals surface area (Å²) in [6, 6.07) is 0. The van der Waals surface area contributed by atoms with Crippen LogP contribution < -0.4 is 0 Å². The molecular weight excluding hydrogens is 303 g/mol. The van der Waals surface area contributed by atoms with E-state index in [9.17, 15) is 0 Å². The summed E-state index contributed by atoms with van der Waals surface area (Å²) in [6.07, 6.45) is 20.0. The van der Waals surface area contributed by atoms with E-state index in [1.165, 1.54) is 0 Å². The minimum Gasteiger partial charge on any atom is -0.273 e. The molecule has 2 heteroatoms. The summed E-state index contributed by atoms with van der Waals surface area (Å²) in [7, 11) is 0. The Balaban J connectivity index is 0. The zero-order valence-corrected chi connectivity index (χ0v) is 11.8. The van der Waals surface area contributed by atoms with Crippen molar-refractivity contribution in [3.05, 3.63) is 48.6 Å². The second-order valence-electron chi connectivity index (χ2n) is 2.01. The van der Waals surface area contributed by atoms with E-state index in [2.05, 4.69) is 40.2 Å². The first-order valence-corrected chi connectivity index (χ1v) is 5.40. The fourth-order valence-electron chi connectivity index (χ4n) is 0.680. The Labute approximate surface area is 109 Å². The Bertz CT molecular complexity index is 148. The Morgan fingerprint density at radius 1 is 0.923 bits per heavy atom. The van der Waals surface area contributed by atoms with Crippen LogP contribution in [0.4, 0.5) is 0 Å². The summed E-state index contributed by atoms with van der Waals surface area (Å²) in [5, 5.41) is 0. The van der Waals surface area contributed by atoms with E-state index in [-0.39, 0.29) is 26.2 Å². The van der Waals surface area contributed by atoms with Crippen LogP contribution in [0.15, 0.2) is 36.5 Å². The first-order chi connectivity index (χ1) is 6.00. The molecule has 0 fully saturated rings. The molecule has 0 spiro atoms. The molecule has 0 heterocycles. The fraction of sp³-hybridized carbons (Fsp3) is 0.273. The summed E-state index contributed by atoms with van der Waals surface area (Å²) in [6.45, 7) is 0. The second kappa shape index (κ2) is 14.8. The van der Waals surface area contributed by atoms with Crippen LogP contribution in [0.25, 0.3) is 0 Å². The molecule has 0 atom stereocenters. The monoisotopic (exact) mass is 314 g/mol. The molecule has 0 aromatic rings. The molecule has 0 bridgehead atoms.